The number of allylic oxidation sites excluding steroid dienone is 1. The Balaban J connectivity index is 2.22. The summed E-state index contributed by atoms with van der Waals surface area (Å²) in [6.07, 6.45) is 3.05. The second kappa shape index (κ2) is 6.78. The van der Waals surface area contributed by atoms with Crippen molar-refractivity contribution in [2.45, 2.75) is 0 Å². The number of carbonyl (C=O) groups is 1. The first-order valence-electron chi connectivity index (χ1n) is 6.05. The summed E-state index contributed by atoms with van der Waals surface area (Å²) in [6.45, 7) is 0. The number of hydrogen-bond donors (Lipinski definition) is 1. The summed E-state index contributed by atoms with van der Waals surface area (Å²) in [6, 6.07) is 10.3. The Labute approximate surface area is 135 Å². The summed E-state index contributed by atoms with van der Waals surface area (Å²) < 4.78 is 5.69. The van der Waals surface area contributed by atoms with E-state index < -0.39 is 0 Å². The van der Waals surface area contributed by atoms with Gasteiger partial charge in [0.25, 0.3) is 0 Å². The molecule has 0 aliphatic rings. The largest absolute Gasteiger partial charge is 0.506 e. The topological polar surface area (TPSA) is 46.5 Å². The van der Waals surface area contributed by atoms with Gasteiger partial charge in [-0.15, -0.1) is 0 Å². The third-order valence-electron chi connectivity index (χ3n) is 2.84. The lowest BCUT2D eigenvalue weighted by Gasteiger charge is -2.04. The molecule has 0 bridgehead atoms. The first kappa shape index (κ1) is 15.6. The molecular formula is C16H12BrClO3. The minimum absolute atomic E-state index is 0.130. The molecule has 0 aliphatic carbocycles. The fraction of sp³-hybridized carbons (Fsp3) is 0.0625. The highest BCUT2D eigenvalue weighted by Gasteiger charge is 2.12. The summed E-state index contributed by atoms with van der Waals surface area (Å²) in [5.74, 6) is 0.200. The predicted molar refractivity (Wildman–Crippen MR) is 87.2 cm³/mol. The zero-order chi connectivity index (χ0) is 15.4. The fourth-order valence-corrected chi connectivity index (χ4v) is 2.54. The number of carbonyl (C=O) groups excluding carboxylic acids is 1. The van der Waals surface area contributed by atoms with E-state index in [0.717, 1.165) is 11.3 Å². The van der Waals surface area contributed by atoms with Crippen LogP contribution in [0.4, 0.5) is 0 Å². The first-order valence-corrected chi connectivity index (χ1v) is 7.23. The van der Waals surface area contributed by atoms with Crippen LogP contribution in [0, 0.1) is 0 Å². The quantitative estimate of drug-likeness (QED) is 0.628. The van der Waals surface area contributed by atoms with Crippen molar-refractivity contribution in [3.63, 3.8) is 0 Å². The molecule has 5 heteroatoms. The monoisotopic (exact) mass is 366 g/mol. The van der Waals surface area contributed by atoms with E-state index in [4.69, 9.17) is 16.3 Å². The van der Waals surface area contributed by atoms with Gasteiger partial charge in [-0.3, -0.25) is 4.79 Å². The molecule has 2 rings (SSSR count). The Morgan fingerprint density at radius 1 is 1.29 bits per heavy atom. The molecule has 2 aromatic carbocycles. The summed E-state index contributed by atoms with van der Waals surface area (Å²) in [4.78, 5) is 12.1. The Morgan fingerprint density at radius 3 is 2.57 bits per heavy atom. The molecule has 0 radical (unpaired) electrons. The van der Waals surface area contributed by atoms with E-state index >= 15 is 0 Å². The highest BCUT2D eigenvalue weighted by atomic mass is 79.9. The van der Waals surface area contributed by atoms with Crippen molar-refractivity contribution in [3.05, 3.63) is 63.1 Å². The molecule has 0 atom stereocenters. The number of aromatic hydroxyl groups is 1. The van der Waals surface area contributed by atoms with Gasteiger partial charge in [-0.05, 0) is 35.9 Å². The van der Waals surface area contributed by atoms with Gasteiger partial charge in [-0.25, -0.2) is 0 Å². The fourth-order valence-electron chi connectivity index (χ4n) is 1.73. The van der Waals surface area contributed by atoms with Crippen molar-refractivity contribution >= 4 is 39.4 Å². The Kier molecular flexibility index (Phi) is 5.04. The molecule has 0 spiro atoms. The molecular weight excluding hydrogens is 356 g/mol. The van der Waals surface area contributed by atoms with E-state index in [1.54, 1.807) is 25.3 Å². The molecule has 1 N–H and O–H groups in total. The highest BCUT2D eigenvalue weighted by Crippen LogP contribution is 2.31. The highest BCUT2D eigenvalue weighted by molar-refractivity contribution is 9.10. The number of halogens is 2. The molecule has 0 saturated carbocycles. The Morgan fingerprint density at radius 2 is 1.95 bits per heavy atom. The third kappa shape index (κ3) is 3.86. The standard InChI is InChI=1S/C16H12BrClO3/c1-21-12-5-2-10(3-6-12)4-7-15(19)13-8-11(17)9-14(18)16(13)20/h2-9,20H,1H3. The first-order chi connectivity index (χ1) is 10.0. The van der Waals surface area contributed by atoms with Crippen LogP contribution in [-0.2, 0) is 0 Å². The van der Waals surface area contributed by atoms with Crippen LogP contribution in [0.3, 0.4) is 0 Å². The van der Waals surface area contributed by atoms with Crippen molar-refractivity contribution in [2.75, 3.05) is 7.11 Å². The molecule has 2 aromatic rings. The number of ketones is 1. The smallest absolute Gasteiger partial charge is 0.189 e. The number of benzene rings is 2. The maximum atomic E-state index is 12.1. The van der Waals surface area contributed by atoms with Crippen molar-refractivity contribution in [3.8, 4) is 11.5 Å². The van der Waals surface area contributed by atoms with Crippen LogP contribution in [0.5, 0.6) is 11.5 Å². The van der Waals surface area contributed by atoms with Crippen LogP contribution < -0.4 is 4.74 Å². The molecule has 0 saturated heterocycles. The molecule has 3 nitrogen and oxygen atoms in total. The Hall–Kier alpha value is -1.78. The summed E-state index contributed by atoms with van der Waals surface area (Å²) >= 11 is 9.09. The predicted octanol–water partition coefficient (Wildman–Crippen LogP) is 4.71. The minimum atomic E-state index is -0.327. The number of rotatable bonds is 4. The summed E-state index contributed by atoms with van der Waals surface area (Å²) in [5, 5.41) is 9.96. The van der Waals surface area contributed by atoms with Gasteiger partial charge >= 0.3 is 0 Å². The van der Waals surface area contributed by atoms with Gasteiger partial charge < -0.3 is 9.84 Å². The molecule has 21 heavy (non-hydrogen) atoms. The van der Waals surface area contributed by atoms with Gasteiger partial charge in [0.2, 0.25) is 0 Å². The van der Waals surface area contributed by atoms with Gasteiger partial charge in [0.05, 0.1) is 17.7 Å². The summed E-state index contributed by atoms with van der Waals surface area (Å²) in [7, 11) is 1.59. The van der Waals surface area contributed by atoms with Gasteiger partial charge in [-0.2, -0.15) is 0 Å². The molecule has 0 heterocycles. The zero-order valence-electron chi connectivity index (χ0n) is 11.1. The number of methoxy groups -OCH3 is 1. The molecule has 0 unspecified atom stereocenters. The molecule has 0 fully saturated rings. The van der Waals surface area contributed by atoms with Crippen molar-refractivity contribution in [1.82, 2.24) is 0 Å². The SMILES string of the molecule is COc1ccc(C=CC(=O)c2cc(Br)cc(Cl)c2O)cc1. The van der Waals surface area contributed by atoms with E-state index in [0.29, 0.717) is 4.47 Å². The average Bonchev–Trinajstić information content (AvgIpc) is 2.49. The minimum Gasteiger partial charge on any atom is -0.506 e. The number of phenols is 1. The van der Waals surface area contributed by atoms with Crippen LogP contribution in [0.15, 0.2) is 46.9 Å². The molecule has 0 aromatic heterocycles. The molecule has 108 valence electrons. The average molecular weight is 368 g/mol. The maximum absolute atomic E-state index is 12.1. The maximum Gasteiger partial charge on any atom is 0.189 e. The van der Waals surface area contributed by atoms with Crippen LogP contribution in [0.1, 0.15) is 15.9 Å². The Bertz CT molecular complexity index is 693. The third-order valence-corrected chi connectivity index (χ3v) is 3.58. The van der Waals surface area contributed by atoms with E-state index in [2.05, 4.69) is 15.9 Å². The zero-order valence-corrected chi connectivity index (χ0v) is 13.5. The lowest BCUT2D eigenvalue weighted by atomic mass is 10.1. The molecule has 0 aliphatic heterocycles. The van der Waals surface area contributed by atoms with Crippen LogP contribution in [-0.4, -0.2) is 18.0 Å². The van der Waals surface area contributed by atoms with Gasteiger partial charge in [0.15, 0.2) is 5.78 Å². The second-order valence-electron chi connectivity index (χ2n) is 4.25. The second-order valence-corrected chi connectivity index (χ2v) is 5.58. The lowest BCUT2D eigenvalue weighted by Crippen LogP contribution is -1.95. The molecule has 0 amide bonds. The number of ether oxygens (including phenoxy) is 1. The van der Waals surface area contributed by atoms with Crippen LogP contribution in [0.25, 0.3) is 6.08 Å². The lowest BCUT2D eigenvalue weighted by molar-refractivity contribution is 0.104. The van der Waals surface area contributed by atoms with Crippen LogP contribution in [0.2, 0.25) is 5.02 Å². The van der Waals surface area contributed by atoms with Crippen LogP contribution >= 0.6 is 27.5 Å². The van der Waals surface area contributed by atoms with Crippen molar-refractivity contribution < 1.29 is 14.6 Å². The van der Waals surface area contributed by atoms with E-state index in [-0.39, 0.29) is 22.1 Å². The van der Waals surface area contributed by atoms with E-state index in [1.165, 1.54) is 18.2 Å². The van der Waals surface area contributed by atoms with Crippen molar-refractivity contribution in [2.24, 2.45) is 0 Å². The van der Waals surface area contributed by atoms with E-state index in [1.807, 2.05) is 12.1 Å². The van der Waals surface area contributed by atoms with Gasteiger partial charge in [0, 0.05) is 4.47 Å². The number of hydrogen-bond acceptors (Lipinski definition) is 3. The number of phenolic OH excluding ortho intramolecular Hbond substituents is 1. The normalized spacial score (nSPS) is 10.8. The van der Waals surface area contributed by atoms with E-state index in [9.17, 15) is 9.90 Å². The summed E-state index contributed by atoms with van der Waals surface area (Å²) in [5.41, 5.74) is 1.00. The van der Waals surface area contributed by atoms with Gasteiger partial charge in [0.1, 0.15) is 11.5 Å². The van der Waals surface area contributed by atoms with Crippen molar-refractivity contribution in [1.29, 1.82) is 0 Å². The van der Waals surface area contributed by atoms with Gasteiger partial charge in [-0.1, -0.05) is 45.7 Å².